The molecule has 1 heterocycles. The maximum absolute atomic E-state index is 12.4. The molecule has 0 aromatic carbocycles. The number of H-pyrrole nitrogens is 1. The molecule has 0 unspecified atom stereocenters. The summed E-state index contributed by atoms with van der Waals surface area (Å²) in [5.74, 6) is -0.0464. The molecule has 3 nitrogen and oxygen atoms in total. The molecule has 1 aromatic heterocycles. The third-order valence-electron chi connectivity index (χ3n) is 2.07. The second-order valence-electron chi connectivity index (χ2n) is 3.31. The lowest BCUT2D eigenvalue weighted by molar-refractivity contribution is -0.141. The molecule has 16 heavy (non-hydrogen) atoms. The van der Waals surface area contributed by atoms with Crippen LogP contribution in [0.2, 0.25) is 0 Å². The first-order valence-electron chi connectivity index (χ1n) is 4.77. The van der Waals surface area contributed by atoms with Crippen molar-refractivity contribution in [3.8, 4) is 5.75 Å². The molecule has 0 atom stereocenters. The van der Waals surface area contributed by atoms with Gasteiger partial charge in [0.15, 0.2) is 5.75 Å². The predicted molar refractivity (Wildman–Crippen MR) is 52.6 cm³/mol. The minimum absolute atomic E-state index is 0.0464. The van der Waals surface area contributed by atoms with E-state index in [0.717, 1.165) is 0 Å². The standard InChI is InChI=1S/C10H12F3NO2/c1-3-4-6-9(16-2)7(15)5-8(14-6)10(11,12)13/h5H,3-4H2,1-2H3,(H,14,15). The zero-order chi connectivity index (χ0) is 12.3. The Hall–Kier alpha value is -1.46. The first-order valence-corrected chi connectivity index (χ1v) is 4.77. The van der Waals surface area contributed by atoms with Gasteiger partial charge in [-0.1, -0.05) is 13.3 Å². The van der Waals surface area contributed by atoms with Crippen LogP contribution in [0.25, 0.3) is 0 Å². The van der Waals surface area contributed by atoms with Crippen LogP contribution in [0.5, 0.6) is 5.75 Å². The number of alkyl halides is 3. The number of nitrogens with one attached hydrogen (secondary N) is 1. The van der Waals surface area contributed by atoms with E-state index in [1.807, 2.05) is 0 Å². The van der Waals surface area contributed by atoms with E-state index in [-0.39, 0.29) is 11.4 Å². The van der Waals surface area contributed by atoms with Gasteiger partial charge in [0.2, 0.25) is 5.43 Å². The second kappa shape index (κ2) is 4.59. The molecule has 0 aliphatic heterocycles. The molecule has 90 valence electrons. The Kier molecular flexibility index (Phi) is 3.62. The summed E-state index contributed by atoms with van der Waals surface area (Å²) in [7, 11) is 1.26. The molecule has 0 bridgehead atoms. The third-order valence-corrected chi connectivity index (χ3v) is 2.07. The lowest BCUT2D eigenvalue weighted by atomic mass is 10.2. The van der Waals surface area contributed by atoms with Crippen molar-refractivity contribution in [3.05, 3.63) is 27.7 Å². The van der Waals surface area contributed by atoms with E-state index in [2.05, 4.69) is 4.98 Å². The highest BCUT2D eigenvalue weighted by molar-refractivity contribution is 5.30. The summed E-state index contributed by atoms with van der Waals surface area (Å²) in [6.07, 6.45) is -3.59. The maximum atomic E-state index is 12.4. The number of aromatic amines is 1. The maximum Gasteiger partial charge on any atom is 0.431 e. The van der Waals surface area contributed by atoms with E-state index in [0.29, 0.717) is 18.9 Å². The number of aryl methyl sites for hydroxylation is 1. The van der Waals surface area contributed by atoms with Crippen molar-refractivity contribution in [1.29, 1.82) is 0 Å². The Morgan fingerprint density at radius 2 is 2.06 bits per heavy atom. The van der Waals surface area contributed by atoms with E-state index < -0.39 is 17.3 Å². The average Bonchev–Trinajstić information content (AvgIpc) is 2.16. The highest BCUT2D eigenvalue weighted by Gasteiger charge is 2.33. The number of pyridine rings is 1. The molecular weight excluding hydrogens is 223 g/mol. The van der Waals surface area contributed by atoms with Gasteiger partial charge in [-0.15, -0.1) is 0 Å². The molecule has 0 amide bonds. The largest absolute Gasteiger partial charge is 0.491 e. The molecule has 6 heteroatoms. The quantitative estimate of drug-likeness (QED) is 0.873. The van der Waals surface area contributed by atoms with Crippen molar-refractivity contribution < 1.29 is 17.9 Å². The van der Waals surface area contributed by atoms with Crippen molar-refractivity contribution in [3.63, 3.8) is 0 Å². The van der Waals surface area contributed by atoms with Crippen LogP contribution < -0.4 is 10.2 Å². The van der Waals surface area contributed by atoms with Gasteiger partial charge in [-0.2, -0.15) is 13.2 Å². The van der Waals surface area contributed by atoms with Gasteiger partial charge in [-0.3, -0.25) is 4.79 Å². The van der Waals surface area contributed by atoms with Gasteiger partial charge in [0.05, 0.1) is 12.8 Å². The van der Waals surface area contributed by atoms with Gasteiger partial charge in [0.25, 0.3) is 0 Å². The molecule has 0 saturated heterocycles. The molecule has 0 spiro atoms. The normalized spacial score (nSPS) is 11.6. The Morgan fingerprint density at radius 3 is 2.50 bits per heavy atom. The average molecular weight is 235 g/mol. The molecule has 1 N–H and O–H groups in total. The van der Waals surface area contributed by atoms with E-state index in [1.165, 1.54) is 7.11 Å². The molecule has 1 aromatic rings. The molecule has 1 rings (SSSR count). The van der Waals surface area contributed by atoms with E-state index in [9.17, 15) is 18.0 Å². The number of hydrogen-bond donors (Lipinski definition) is 1. The number of methoxy groups -OCH3 is 1. The zero-order valence-electron chi connectivity index (χ0n) is 8.94. The smallest absolute Gasteiger partial charge is 0.431 e. The van der Waals surface area contributed by atoms with E-state index in [4.69, 9.17) is 4.74 Å². The number of rotatable bonds is 3. The minimum atomic E-state index is -4.55. The fourth-order valence-corrected chi connectivity index (χ4v) is 1.40. The van der Waals surface area contributed by atoms with E-state index >= 15 is 0 Å². The van der Waals surface area contributed by atoms with Crippen LogP contribution in [0.3, 0.4) is 0 Å². The Morgan fingerprint density at radius 1 is 1.44 bits per heavy atom. The van der Waals surface area contributed by atoms with Crippen LogP contribution in [0, 0.1) is 0 Å². The summed E-state index contributed by atoms with van der Waals surface area (Å²) in [4.78, 5) is 13.6. The summed E-state index contributed by atoms with van der Waals surface area (Å²) < 4.78 is 42.0. The Labute approximate surface area is 90.2 Å². The lowest BCUT2D eigenvalue weighted by Gasteiger charge is -2.11. The fourth-order valence-electron chi connectivity index (χ4n) is 1.40. The van der Waals surface area contributed by atoms with Crippen LogP contribution in [-0.4, -0.2) is 12.1 Å². The first kappa shape index (κ1) is 12.6. The highest BCUT2D eigenvalue weighted by Crippen LogP contribution is 2.28. The molecule has 0 saturated carbocycles. The van der Waals surface area contributed by atoms with Crippen LogP contribution in [-0.2, 0) is 12.6 Å². The van der Waals surface area contributed by atoms with Gasteiger partial charge in [-0.25, -0.2) is 0 Å². The van der Waals surface area contributed by atoms with Gasteiger partial charge in [-0.05, 0) is 6.42 Å². The lowest BCUT2D eigenvalue weighted by Crippen LogP contribution is -2.17. The van der Waals surface area contributed by atoms with Gasteiger partial charge < -0.3 is 9.72 Å². The van der Waals surface area contributed by atoms with Crippen LogP contribution >= 0.6 is 0 Å². The highest BCUT2D eigenvalue weighted by atomic mass is 19.4. The monoisotopic (exact) mass is 235 g/mol. The Balaban J connectivity index is 3.34. The number of aromatic nitrogens is 1. The molecule has 0 radical (unpaired) electrons. The van der Waals surface area contributed by atoms with Gasteiger partial charge in [0, 0.05) is 6.07 Å². The third kappa shape index (κ3) is 2.56. The predicted octanol–water partition coefficient (Wildman–Crippen LogP) is 2.35. The SMILES string of the molecule is CCCc1[nH]c(C(F)(F)F)cc(=O)c1OC. The van der Waals surface area contributed by atoms with Gasteiger partial charge in [0.1, 0.15) is 5.69 Å². The molecular formula is C10H12F3NO2. The summed E-state index contributed by atoms with van der Waals surface area (Å²) in [6.45, 7) is 1.80. The van der Waals surface area contributed by atoms with Crippen molar-refractivity contribution >= 4 is 0 Å². The topological polar surface area (TPSA) is 42.1 Å². The Bertz CT molecular complexity index is 423. The number of halogens is 3. The van der Waals surface area contributed by atoms with Crippen LogP contribution in [0.15, 0.2) is 10.9 Å². The molecule has 0 aliphatic rings. The van der Waals surface area contributed by atoms with Gasteiger partial charge >= 0.3 is 6.18 Å². The second-order valence-corrected chi connectivity index (χ2v) is 3.31. The summed E-state index contributed by atoms with van der Waals surface area (Å²) in [5.41, 5.74) is -1.61. The van der Waals surface area contributed by atoms with Crippen molar-refractivity contribution in [2.45, 2.75) is 25.9 Å². The van der Waals surface area contributed by atoms with Crippen molar-refractivity contribution in [2.75, 3.05) is 7.11 Å². The minimum Gasteiger partial charge on any atom is -0.491 e. The summed E-state index contributed by atoms with van der Waals surface area (Å²) in [5, 5.41) is 0. The van der Waals surface area contributed by atoms with Crippen LogP contribution in [0.4, 0.5) is 13.2 Å². The number of hydrogen-bond acceptors (Lipinski definition) is 2. The van der Waals surface area contributed by atoms with Crippen molar-refractivity contribution in [2.24, 2.45) is 0 Å². The fraction of sp³-hybridized carbons (Fsp3) is 0.500. The summed E-state index contributed by atoms with van der Waals surface area (Å²) in [6, 6.07) is 0.512. The van der Waals surface area contributed by atoms with E-state index in [1.54, 1.807) is 6.92 Å². The zero-order valence-corrected chi connectivity index (χ0v) is 8.94. The number of ether oxygens (including phenoxy) is 1. The molecule has 0 aliphatic carbocycles. The van der Waals surface area contributed by atoms with Crippen molar-refractivity contribution in [1.82, 2.24) is 4.98 Å². The summed E-state index contributed by atoms with van der Waals surface area (Å²) >= 11 is 0. The molecule has 0 fully saturated rings. The first-order chi connectivity index (χ1) is 7.40. The van der Waals surface area contributed by atoms with Crippen LogP contribution in [0.1, 0.15) is 24.7 Å².